The van der Waals surface area contributed by atoms with E-state index in [1.807, 2.05) is 20.8 Å². The van der Waals surface area contributed by atoms with Crippen molar-refractivity contribution in [2.75, 3.05) is 12.8 Å². The molecule has 3 N–H and O–H groups in total. The summed E-state index contributed by atoms with van der Waals surface area (Å²) in [6.07, 6.45) is 0. The second-order valence-electron chi connectivity index (χ2n) is 4.66. The van der Waals surface area contributed by atoms with Gasteiger partial charge in [0, 0.05) is 17.4 Å². The Morgan fingerprint density at radius 1 is 1.21 bits per heavy atom. The molecule has 0 radical (unpaired) electrons. The zero-order valence-corrected chi connectivity index (χ0v) is 11.6. The summed E-state index contributed by atoms with van der Waals surface area (Å²) >= 11 is 0. The monoisotopic (exact) mass is 258 g/mol. The maximum absolute atomic E-state index is 12.6. The number of carbonyl (C=O) groups excluding carboxylic acids is 1. The van der Waals surface area contributed by atoms with Crippen molar-refractivity contribution in [3.8, 4) is 5.75 Å². The molecule has 0 fully saturated rings. The first-order valence-corrected chi connectivity index (χ1v) is 6.09. The lowest BCUT2D eigenvalue weighted by molar-refractivity contribution is 0.103. The van der Waals surface area contributed by atoms with E-state index in [0.717, 1.165) is 16.8 Å². The molecule has 0 aliphatic carbocycles. The van der Waals surface area contributed by atoms with E-state index >= 15 is 0 Å². The molecule has 4 nitrogen and oxygen atoms in total. The second-order valence-corrected chi connectivity index (χ2v) is 4.66. The molecule has 19 heavy (non-hydrogen) atoms. The van der Waals surface area contributed by atoms with Gasteiger partial charge in [-0.1, -0.05) is 0 Å². The Morgan fingerprint density at radius 2 is 1.89 bits per heavy atom. The molecular weight excluding hydrogens is 240 g/mol. The van der Waals surface area contributed by atoms with Crippen LogP contribution in [0.5, 0.6) is 5.75 Å². The van der Waals surface area contributed by atoms with Gasteiger partial charge in [-0.15, -0.1) is 0 Å². The topological polar surface area (TPSA) is 68.1 Å². The number of nitrogen functional groups attached to an aromatic ring is 1. The molecular formula is C15H18N2O2. The Hall–Kier alpha value is -2.23. The van der Waals surface area contributed by atoms with Crippen LogP contribution in [0.3, 0.4) is 0 Å². The van der Waals surface area contributed by atoms with Gasteiger partial charge in [0.1, 0.15) is 5.75 Å². The first-order valence-electron chi connectivity index (χ1n) is 6.09. The van der Waals surface area contributed by atoms with Crippen molar-refractivity contribution < 1.29 is 9.53 Å². The van der Waals surface area contributed by atoms with Crippen molar-refractivity contribution in [3.05, 3.63) is 46.3 Å². The van der Waals surface area contributed by atoms with Gasteiger partial charge in [-0.25, -0.2) is 0 Å². The molecule has 1 aromatic carbocycles. The number of aromatic amines is 1. The lowest BCUT2D eigenvalue weighted by Gasteiger charge is -2.08. The Kier molecular flexibility index (Phi) is 3.34. The molecule has 1 heterocycles. The third kappa shape index (κ3) is 2.21. The number of anilines is 1. The van der Waals surface area contributed by atoms with Crippen LogP contribution < -0.4 is 10.5 Å². The number of aryl methyl sites for hydroxylation is 1. The number of H-pyrrole nitrogens is 1. The Balaban J connectivity index is 2.53. The highest BCUT2D eigenvalue weighted by atomic mass is 16.5. The van der Waals surface area contributed by atoms with Crippen LogP contribution in [0.2, 0.25) is 0 Å². The van der Waals surface area contributed by atoms with Crippen molar-refractivity contribution in [1.82, 2.24) is 4.98 Å². The normalized spacial score (nSPS) is 10.5. The van der Waals surface area contributed by atoms with E-state index in [1.54, 1.807) is 18.2 Å². The molecule has 0 saturated heterocycles. The number of hydrogen-bond acceptors (Lipinski definition) is 3. The molecule has 2 rings (SSSR count). The minimum absolute atomic E-state index is 0.0782. The number of carbonyl (C=O) groups is 1. The predicted octanol–water partition coefficient (Wildman–Crippen LogP) is 2.76. The third-order valence-corrected chi connectivity index (χ3v) is 3.51. The zero-order valence-electron chi connectivity index (χ0n) is 11.6. The average Bonchev–Trinajstić information content (AvgIpc) is 2.65. The molecule has 2 aromatic rings. The third-order valence-electron chi connectivity index (χ3n) is 3.51. The quantitative estimate of drug-likeness (QED) is 0.657. The van der Waals surface area contributed by atoms with Crippen LogP contribution in [0.25, 0.3) is 0 Å². The number of ether oxygens (including phenoxy) is 1. The highest BCUT2D eigenvalue weighted by Gasteiger charge is 2.20. The molecule has 0 unspecified atom stereocenters. The number of rotatable bonds is 3. The second kappa shape index (κ2) is 4.80. The fourth-order valence-corrected chi connectivity index (χ4v) is 2.10. The summed E-state index contributed by atoms with van der Waals surface area (Å²) in [6.45, 7) is 5.90. The smallest absolute Gasteiger partial charge is 0.213 e. The van der Waals surface area contributed by atoms with Gasteiger partial charge in [0.25, 0.3) is 0 Å². The van der Waals surface area contributed by atoms with Crippen molar-refractivity contribution in [2.45, 2.75) is 20.8 Å². The molecule has 0 amide bonds. The molecule has 0 bridgehead atoms. The van der Waals surface area contributed by atoms with Crippen LogP contribution in [0.1, 0.15) is 32.9 Å². The van der Waals surface area contributed by atoms with Gasteiger partial charge in [-0.2, -0.15) is 0 Å². The largest absolute Gasteiger partial charge is 0.496 e. The van der Waals surface area contributed by atoms with Gasteiger partial charge in [0.15, 0.2) is 0 Å². The number of nitrogens with two attached hydrogens (primary N) is 1. The Labute approximate surface area is 112 Å². The summed E-state index contributed by atoms with van der Waals surface area (Å²) in [7, 11) is 1.53. The van der Waals surface area contributed by atoms with E-state index in [1.165, 1.54) is 7.11 Å². The standard InChI is InChI=1S/C15H18N2O2/c1-8-9(2)14(17-10(8)3)15(18)12-6-5-11(16)7-13(12)19-4/h5-7,17H,16H2,1-4H3. The van der Waals surface area contributed by atoms with E-state index in [-0.39, 0.29) is 5.78 Å². The lowest BCUT2D eigenvalue weighted by atomic mass is 10.0. The zero-order chi connectivity index (χ0) is 14.2. The SMILES string of the molecule is COc1cc(N)ccc1C(=O)c1[nH]c(C)c(C)c1C. The van der Waals surface area contributed by atoms with Crippen LogP contribution in [0.4, 0.5) is 5.69 Å². The van der Waals surface area contributed by atoms with Gasteiger partial charge in [0.2, 0.25) is 5.78 Å². The van der Waals surface area contributed by atoms with Gasteiger partial charge in [-0.05, 0) is 44.0 Å². The molecule has 0 spiro atoms. The number of benzene rings is 1. The first-order chi connectivity index (χ1) is 8.95. The fraction of sp³-hybridized carbons (Fsp3) is 0.267. The predicted molar refractivity (Wildman–Crippen MR) is 75.8 cm³/mol. The summed E-state index contributed by atoms with van der Waals surface area (Å²) in [5.74, 6) is 0.417. The van der Waals surface area contributed by atoms with E-state index in [0.29, 0.717) is 22.7 Å². The summed E-state index contributed by atoms with van der Waals surface area (Å²) in [4.78, 5) is 15.7. The molecule has 0 saturated carbocycles. The van der Waals surface area contributed by atoms with E-state index in [9.17, 15) is 4.79 Å². The molecule has 0 aliphatic rings. The van der Waals surface area contributed by atoms with Gasteiger partial charge < -0.3 is 15.5 Å². The number of aromatic nitrogens is 1. The van der Waals surface area contributed by atoms with Gasteiger partial charge in [-0.3, -0.25) is 4.79 Å². The van der Waals surface area contributed by atoms with Crippen molar-refractivity contribution >= 4 is 11.5 Å². The molecule has 0 aliphatic heterocycles. The average molecular weight is 258 g/mol. The highest BCUT2D eigenvalue weighted by molar-refractivity contribution is 6.11. The van der Waals surface area contributed by atoms with E-state index in [4.69, 9.17) is 10.5 Å². The van der Waals surface area contributed by atoms with Crippen LogP contribution in [0.15, 0.2) is 18.2 Å². The molecule has 4 heteroatoms. The molecule has 100 valence electrons. The maximum atomic E-state index is 12.6. The fourth-order valence-electron chi connectivity index (χ4n) is 2.10. The summed E-state index contributed by atoms with van der Waals surface area (Å²) < 4.78 is 5.23. The molecule has 1 aromatic heterocycles. The number of ketones is 1. The summed E-state index contributed by atoms with van der Waals surface area (Å²) in [6, 6.07) is 5.06. The minimum Gasteiger partial charge on any atom is -0.496 e. The highest BCUT2D eigenvalue weighted by Crippen LogP contribution is 2.26. The van der Waals surface area contributed by atoms with E-state index < -0.39 is 0 Å². The Morgan fingerprint density at radius 3 is 2.42 bits per heavy atom. The number of methoxy groups -OCH3 is 1. The maximum Gasteiger partial charge on any atom is 0.213 e. The minimum atomic E-state index is -0.0782. The van der Waals surface area contributed by atoms with Crippen LogP contribution >= 0.6 is 0 Å². The lowest BCUT2D eigenvalue weighted by Crippen LogP contribution is -2.06. The summed E-state index contributed by atoms with van der Waals surface area (Å²) in [5, 5.41) is 0. The van der Waals surface area contributed by atoms with Crippen molar-refractivity contribution in [3.63, 3.8) is 0 Å². The first kappa shape index (κ1) is 13.2. The van der Waals surface area contributed by atoms with E-state index in [2.05, 4.69) is 4.98 Å². The van der Waals surface area contributed by atoms with Crippen molar-refractivity contribution in [2.24, 2.45) is 0 Å². The van der Waals surface area contributed by atoms with Crippen molar-refractivity contribution in [1.29, 1.82) is 0 Å². The number of hydrogen-bond donors (Lipinski definition) is 2. The molecule has 0 atom stereocenters. The number of nitrogens with one attached hydrogen (secondary N) is 1. The van der Waals surface area contributed by atoms with Gasteiger partial charge in [0.05, 0.1) is 18.4 Å². The summed E-state index contributed by atoms with van der Waals surface area (Å²) in [5.41, 5.74) is 10.5. The van der Waals surface area contributed by atoms with Crippen LogP contribution in [-0.2, 0) is 0 Å². The van der Waals surface area contributed by atoms with Crippen LogP contribution in [0, 0.1) is 20.8 Å². The van der Waals surface area contributed by atoms with Crippen LogP contribution in [-0.4, -0.2) is 17.9 Å². The Bertz CT molecular complexity index is 642. The van der Waals surface area contributed by atoms with Gasteiger partial charge >= 0.3 is 0 Å².